The number of aromatic amines is 1. The van der Waals surface area contributed by atoms with E-state index in [-0.39, 0.29) is 5.91 Å². The van der Waals surface area contributed by atoms with Crippen molar-refractivity contribution in [3.8, 4) is 0 Å². The number of H-pyrrole nitrogens is 1. The Balaban J connectivity index is 1.56. The highest BCUT2D eigenvalue weighted by Crippen LogP contribution is 2.20. The van der Waals surface area contributed by atoms with Gasteiger partial charge in [-0.3, -0.25) is 14.9 Å². The first-order chi connectivity index (χ1) is 11.7. The van der Waals surface area contributed by atoms with Crippen LogP contribution in [0.3, 0.4) is 0 Å². The van der Waals surface area contributed by atoms with Gasteiger partial charge in [0, 0.05) is 30.3 Å². The van der Waals surface area contributed by atoms with Gasteiger partial charge in [0.1, 0.15) is 5.82 Å². The van der Waals surface area contributed by atoms with Crippen LogP contribution in [0.1, 0.15) is 28.7 Å². The molecule has 2 heterocycles. The van der Waals surface area contributed by atoms with Gasteiger partial charge in [-0.1, -0.05) is 30.8 Å². The van der Waals surface area contributed by atoms with Crippen molar-refractivity contribution in [1.82, 2.24) is 20.2 Å². The number of nitrogens with zero attached hydrogens (tertiary/aromatic N) is 3. The van der Waals surface area contributed by atoms with Crippen LogP contribution in [0.4, 0.5) is 5.69 Å². The van der Waals surface area contributed by atoms with Gasteiger partial charge in [0.15, 0.2) is 0 Å². The minimum atomic E-state index is -0.168. The number of pyridine rings is 1. The normalized spacial score (nSPS) is 10.5. The maximum atomic E-state index is 12.1. The van der Waals surface area contributed by atoms with E-state index in [0.717, 1.165) is 34.4 Å². The lowest BCUT2D eigenvalue weighted by Gasteiger charge is -2.06. The second-order valence-electron chi connectivity index (χ2n) is 5.10. The number of aromatic nitrogens is 4. The number of amides is 1. The number of aryl methyl sites for hydroxylation is 1. The molecule has 0 radical (unpaired) electrons. The van der Waals surface area contributed by atoms with Crippen LogP contribution in [0.25, 0.3) is 0 Å². The summed E-state index contributed by atoms with van der Waals surface area (Å²) in [5, 5.41) is 10.7. The second kappa shape index (κ2) is 7.74. The summed E-state index contributed by atoms with van der Waals surface area (Å²) in [7, 11) is 0. The topological polar surface area (TPSA) is 83.6 Å². The van der Waals surface area contributed by atoms with Crippen LogP contribution >= 0.6 is 11.8 Å². The monoisotopic (exact) mass is 339 g/mol. The van der Waals surface area contributed by atoms with Gasteiger partial charge >= 0.3 is 0 Å². The lowest BCUT2D eigenvalue weighted by molar-refractivity contribution is 0.102. The van der Waals surface area contributed by atoms with Crippen LogP contribution in [0.5, 0.6) is 0 Å². The lowest BCUT2D eigenvalue weighted by atomic mass is 10.2. The molecule has 1 amide bonds. The maximum absolute atomic E-state index is 12.1. The van der Waals surface area contributed by atoms with Crippen LogP contribution in [0.2, 0.25) is 0 Å². The molecule has 0 aliphatic heterocycles. The highest BCUT2D eigenvalue weighted by atomic mass is 32.2. The van der Waals surface area contributed by atoms with Crippen molar-refractivity contribution in [3.63, 3.8) is 0 Å². The molecule has 7 heteroatoms. The predicted molar refractivity (Wildman–Crippen MR) is 94.0 cm³/mol. The largest absolute Gasteiger partial charge is 0.322 e. The van der Waals surface area contributed by atoms with Crippen LogP contribution < -0.4 is 5.32 Å². The first-order valence-electron chi connectivity index (χ1n) is 7.59. The Morgan fingerprint density at radius 2 is 2.08 bits per heavy atom. The Bertz CT molecular complexity index is 801. The summed E-state index contributed by atoms with van der Waals surface area (Å²) in [6.07, 6.45) is 4.03. The number of thioether (sulfide) groups is 1. The third-order valence-corrected chi connectivity index (χ3v) is 4.27. The van der Waals surface area contributed by atoms with Gasteiger partial charge in [-0.25, -0.2) is 4.98 Å². The summed E-state index contributed by atoms with van der Waals surface area (Å²) in [4.78, 5) is 20.4. The molecule has 122 valence electrons. The average Bonchev–Trinajstić information content (AvgIpc) is 3.10. The van der Waals surface area contributed by atoms with Gasteiger partial charge in [-0.05, 0) is 29.8 Å². The summed E-state index contributed by atoms with van der Waals surface area (Å²) >= 11 is 1.58. The van der Waals surface area contributed by atoms with Gasteiger partial charge in [-0.2, -0.15) is 0 Å². The number of carbonyl (C=O) groups is 1. The van der Waals surface area contributed by atoms with E-state index in [1.807, 2.05) is 31.2 Å². The zero-order chi connectivity index (χ0) is 16.8. The number of rotatable bonds is 6. The number of benzene rings is 1. The predicted octanol–water partition coefficient (Wildman–Crippen LogP) is 3.31. The fraction of sp³-hybridized carbons (Fsp3) is 0.176. The van der Waals surface area contributed by atoms with E-state index in [0.29, 0.717) is 5.56 Å². The Morgan fingerprint density at radius 3 is 2.75 bits per heavy atom. The molecule has 2 aromatic heterocycles. The van der Waals surface area contributed by atoms with Crippen LogP contribution in [0, 0.1) is 0 Å². The van der Waals surface area contributed by atoms with Gasteiger partial charge < -0.3 is 5.32 Å². The van der Waals surface area contributed by atoms with E-state index in [9.17, 15) is 4.79 Å². The molecular weight excluding hydrogens is 322 g/mol. The molecule has 0 aliphatic rings. The molecule has 0 atom stereocenters. The summed E-state index contributed by atoms with van der Waals surface area (Å²) in [5.41, 5.74) is 2.43. The Morgan fingerprint density at radius 1 is 1.25 bits per heavy atom. The maximum Gasteiger partial charge on any atom is 0.257 e. The quantitative estimate of drug-likeness (QED) is 0.673. The average molecular weight is 339 g/mol. The number of nitrogens with one attached hydrogen (secondary N) is 2. The van der Waals surface area contributed by atoms with Gasteiger partial charge in [0.25, 0.3) is 5.91 Å². The smallest absolute Gasteiger partial charge is 0.257 e. The number of hydrogen-bond acceptors (Lipinski definition) is 5. The molecule has 0 saturated heterocycles. The molecule has 3 aromatic rings. The molecule has 0 fully saturated rings. The fourth-order valence-corrected chi connectivity index (χ4v) is 2.81. The van der Waals surface area contributed by atoms with Crippen molar-refractivity contribution in [1.29, 1.82) is 0 Å². The standard InChI is InChI=1S/C17H17N5OS/c1-2-15-20-17(22-21-15)24-11-12-5-7-14(8-6-12)19-16(23)13-4-3-9-18-10-13/h3-10H,2,11H2,1H3,(H,19,23)(H,20,21,22). The molecule has 0 bridgehead atoms. The van der Waals surface area contributed by atoms with E-state index in [1.54, 1.807) is 36.3 Å². The lowest BCUT2D eigenvalue weighted by Crippen LogP contribution is -2.11. The Labute approximate surface area is 144 Å². The van der Waals surface area contributed by atoms with E-state index in [1.165, 1.54) is 0 Å². The fourth-order valence-electron chi connectivity index (χ4n) is 2.03. The van der Waals surface area contributed by atoms with Crippen molar-refractivity contribution >= 4 is 23.4 Å². The van der Waals surface area contributed by atoms with Crippen LogP contribution in [0.15, 0.2) is 53.9 Å². The third kappa shape index (κ3) is 4.20. The van der Waals surface area contributed by atoms with Gasteiger partial charge in [0.05, 0.1) is 5.56 Å². The first-order valence-corrected chi connectivity index (χ1v) is 8.57. The Hall–Kier alpha value is -2.67. The van der Waals surface area contributed by atoms with E-state index in [4.69, 9.17) is 0 Å². The minimum absolute atomic E-state index is 0.168. The highest BCUT2D eigenvalue weighted by molar-refractivity contribution is 7.98. The second-order valence-corrected chi connectivity index (χ2v) is 6.04. The summed E-state index contributed by atoms with van der Waals surface area (Å²) in [5.74, 6) is 1.50. The first kappa shape index (κ1) is 16.2. The number of hydrogen-bond donors (Lipinski definition) is 2. The molecular formula is C17H17N5OS. The summed E-state index contributed by atoms with van der Waals surface area (Å²) < 4.78 is 0. The molecule has 0 unspecified atom stereocenters. The van der Waals surface area contributed by atoms with Gasteiger partial charge in [0.2, 0.25) is 5.16 Å². The molecule has 2 N–H and O–H groups in total. The van der Waals surface area contributed by atoms with E-state index in [2.05, 4.69) is 25.5 Å². The van der Waals surface area contributed by atoms with E-state index >= 15 is 0 Å². The molecule has 6 nitrogen and oxygen atoms in total. The third-order valence-electron chi connectivity index (χ3n) is 3.35. The van der Waals surface area contributed by atoms with Gasteiger partial charge in [-0.15, -0.1) is 5.10 Å². The van der Waals surface area contributed by atoms with Crippen molar-refractivity contribution in [2.75, 3.05) is 5.32 Å². The molecule has 3 rings (SSSR count). The zero-order valence-electron chi connectivity index (χ0n) is 13.2. The summed E-state index contributed by atoms with van der Waals surface area (Å²) in [6, 6.07) is 11.2. The highest BCUT2D eigenvalue weighted by Gasteiger charge is 2.06. The van der Waals surface area contributed by atoms with E-state index < -0.39 is 0 Å². The molecule has 0 aliphatic carbocycles. The van der Waals surface area contributed by atoms with Crippen molar-refractivity contribution in [2.45, 2.75) is 24.3 Å². The van der Waals surface area contributed by atoms with Crippen LogP contribution in [-0.4, -0.2) is 26.1 Å². The zero-order valence-corrected chi connectivity index (χ0v) is 14.0. The molecule has 0 saturated carbocycles. The SMILES string of the molecule is CCc1nc(SCc2ccc(NC(=O)c3cccnc3)cc2)n[nH]1. The number of anilines is 1. The van der Waals surface area contributed by atoms with Crippen molar-refractivity contribution in [2.24, 2.45) is 0 Å². The molecule has 24 heavy (non-hydrogen) atoms. The molecule has 0 spiro atoms. The summed E-state index contributed by atoms with van der Waals surface area (Å²) in [6.45, 7) is 2.04. The molecule has 1 aromatic carbocycles. The van der Waals surface area contributed by atoms with Crippen molar-refractivity contribution in [3.05, 3.63) is 65.7 Å². The Kier molecular flexibility index (Phi) is 5.22. The number of carbonyl (C=O) groups excluding carboxylic acids is 1. The minimum Gasteiger partial charge on any atom is -0.322 e. The van der Waals surface area contributed by atoms with Crippen LogP contribution in [-0.2, 0) is 12.2 Å². The van der Waals surface area contributed by atoms with Crippen molar-refractivity contribution < 1.29 is 4.79 Å².